The number of hydrogen-bond donors (Lipinski definition) is 2. The first-order valence-electron chi connectivity index (χ1n) is 9.65. The predicted molar refractivity (Wildman–Crippen MR) is 111 cm³/mol. The summed E-state index contributed by atoms with van der Waals surface area (Å²) in [7, 11) is -2.59. The number of nitrogens with zero attached hydrogens (tertiary/aromatic N) is 1. The Morgan fingerprint density at radius 2 is 2.03 bits per heavy atom. The van der Waals surface area contributed by atoms with E-state index in [0.717, 1.165) is 32.1 Å². The lowest BCUT2D eigenvalue weighted by Gasteiger charge is -2.42. The molecule has 2 fully saturated rings. The third-order valence-corrected chi connectivity index (χ3v) is 8.29. The summed E-state index contributed by atoms with van der Waals surface area (Å²) >= 11 is 1.61. The molecule has 3 N–H and O–H groups in total. The summed E-state index contributed by atoms with van der Waals surface area (Å²) in [5.41, 5.74) is 2.90. The second-order valence-electron chi connectivity index (χ2n) is 7.58. The molecule has 1 unspecified atom stereocenters. The molecule has 2 amide bonds. The molecule has 1 saturated heterocycles. The number of primary sulfonamides is 1. The Labute approximate surface area is 175 Å². The standard InChI is InChI=1S/C19H27N3O5S2/c1-4-13-7-9-19(10-8-13)22(18(24)12(2)28-19)21-17(23)15-6-5-14(29(20,25)26)11-16(15)27-3/h5-6,11-13H,4,7-10H2,1-3H3,(H,21,23)(H2,20,25,26). The SMILES string of the molecule is CCC1CCC2(CC1)SC(C)C(=O)N2NC(=O)c1ccc(S(N)(=O)=O)cc1OC. The van der Waals surface area contributed by atoms with Gasteiger partial charge in [0.1, 0.15) is 10.6 Å². The summed E-state index contributed by atoms with van der Waals surface area (Å²) in [6, 6.07) is 3.79. The van der Waals surface area contributed by atoms with Gasteiger partial charge in [-0.25, -0.2) is 18.6 Å². The van der Waals surface area contributed by atoms with Crippen molar-refractivity contribution >= 4 is 33.6 Å². The molecule has 1 aliphatic heterocycles. The number of hydrogen-bond acceptors (Lipinski definition) is 6. The van der Waals surface area contributed by atoms with Crippen LogP contribution in [0.15, 0.2) is 23.1 Å². The lowest BCUT2D eigenvalue weighted by molar-refractivity contribution is -0.135. The minimum absolute atomic E-state index is 0.0742. The minimum Gasteiger partial charge on any atom is -0.496 e. The van der Waals surface area contributed by atoms with Crippen LogP contribution in [0.4, 0.5) is 0 Å². The Morgan fingerprint density at radius 1 is 1.38 bits per heavy atom. The molecule has 1 aromatic rings. The Morgan fingerprint density at radius 3 is 2.59 bits per heavy atom. The number of ether oxygens (including phenoxy) is 1. The highest BCUT2D eigenvalue weighted by molar-refractivity contribution is 8.02. The van der Waals surface area contributed by atoms with E-state index >= 15 is 0 Å². The van der Waals surface area contributed by atoms with Crippen LogP contribution in [0.3, 0.4) is 0 Å². The number of benzene rings is 1. The van der Waals surface area contributed by atoms with E-state index in [0.29, 0.717) is 5.92 Å². The minimum atomic E-state index is -3.93. The van der Waals surface area contributed by atoms with Crippen LogP contribution in [0.5, 0.6) is 5.75 Å². The number of nitrogens with two attached hydrogens (primary N) is 1. The van der Waals surface area contributed by atoms with Gasteiger partial charge < -0.3 is 4.74 Å². The second-order valence-corrected chi connectivity index (χ2v) is 10.8. The van der Waals surface area contributed by atoms with E-state index in [9.17, 15) is 18.0 Å². The van der Waals surface area contributed by atoms with Crippen molar-refractivity contribution < 1.29 is 22.7 Å². The topological polar surface area (TPSA) is 119 Å². The van der Waals surface area contributed by atoms with E-state index < -0.39 is 20.8 Å². The van der Waals surface area contributed by atoms with Crippen molar-refractivity contribution in [2.75, 3.05) is 7.11 Å². The van der Waals surface area contributed by atoms with Crippen LogP contribution in [0.1, 0.15) is 56.3 Å². The molecule has 1 spiro atoms. The highest BCUT2D eigenvalue weighted by atomic mass is 32.2. The molecule has 0 bridgehead atoms. The fourth-order valence-corrected chi connectivity index (χ4v) is 6.15. The van der Waals surface area contributed by atoms with Crippen LogP contribution in [0.2, 0.25) is 0 Å². The van der Waals surface area contributed by atoms with E-state index in [2.05, 4.69) is 12.3 Å². The van der Waals surface area contributed by atoms with Crippen LogP contribution in [0, 0.1) is 5.92 Å². The fourth-order valence-electron chi connectivity index (χ4n) is 4.05. The Balaban J connectivity index is 1.86. The smallest absolute Gasteiger partial charge is 0.273 e. The van der Waals surface area contributed by atoms with Crippen molar-refractivity contribution in [3.8, 4) is 5.75 Å². The van der Waals surface area contributed by atoms with Crippen molar-refractivity contribution in [2.24, 2.45) is 11.1 Å². The van der Waals surface area contributed by atoms with Crippen molar-refractivity contribution in [2.45, 2.75) is 61.0 Å². The van der Waals surface area contributed by atoms with Gasteiger partial charge in [0.15, 0.2) is 0 Å². The maximum Gasteiger partial charge on any atom is 0.273 e. The molecular weight excluding hydrogens is 414 g/mol. The molecule has 1 heterocycles. The molecule has 1 atom stereocenters. The summed E-state index contributed by atoms with van der Waals surface area (Å²) in [6.07, 6.45) is 4.80. The molecule has 10 heteroatoms. The number of rotatable bonds is 5. The van der Waals surface area contributed by atoms with Gasteiger partial charge in [0.25, 0.3) is 11.8 Å². The zero-order chi connectivity index (χ0) is 21.4. The molecular formula is C19H27N3O5S2. The van der Waals surface area contributed by atoms with Gasteiger partial charge in [-0.15, -0.1) is 11.8 Å². The normalized spacial score (nSPS) is 27.3. The summed E-state index contributed by atoms with van der Waals surface area (Å²) in [5.74, 6) is 0.0713. The summed E-state index contributed by atoms with van der Waals surface area (Å²) < 4.78 is 28.3. The predicted octanol–water partition coefficient (Wildman–Crippen LogP) is 2.25. The zero-order valence-electron chi connectivity index (χ0n) is 16.8. The van der Waals surface area contributed by atoms with Crippen molar-refractivity contribution in [3.05, 3.63) is 23.8 Å². The first-order chi connectivity index (χ1) is 13.6. The van der Waals surface area contributed by atoms with E-state index in [-0.39, 0.29) is 27.4 Å². The lowest BCUT2D eigenvalue weighted by atomic mass is 9.84. The molecule has 0 aromatic heterocycles. The Bertz CT molecular complexity index is 910. The van der Waals surface area contributed by atoms with Gasteiger partial charge in [-0.05, 0) is 50.7 Å². The first kappa shape index (κ1) is 21.9. The van der Waals surface area contributed by atoms with Crippen molar-refractivity contribution in [1.82, 2.24) is 10.4 Å². The number of amides is 2. The third-order valence-electron chi connectivity index (χ3n) is 5.80. The van der Waals surface area contributed by atoms with Crippen LogP contribution in [0.25, 0.3) is 0 Å². The highest BCUT2D eigenvalue weighted by Crippen LogP contribution is 2.50. The van der Waals surface area contributed by atoms with Gasteiger partial charge in [-0.1, -0.05) is 13.3 Å². The van der Waals surface area contributed by atoms with Gasteiger partial charge in [0.05, 0.1) is 22.8 Å². The van der Waals surface area contributed by atoms with Gasteiger partial charge in [0.2, 0.25) is 10.0 Å². The maximum atomic E-state index is 13.0. The van der Waals surface area contributed by atoms with Crippen molar-refractivity contribution in [3.63, 3.8) is 0 Å². The van der Waals surface area contributed by atoms with Crippen LogP contribution in [-0.2, 0) is 14.8 Å². The molecule has 1 saturated carbocycles. The van der Waals surface area contributed by atoms with E-state index in [1.807, 2.05) is 6.92 Å². The zero-order valence-corrected chi connectivity index (χ0v) is 18.4. The average molecular weight is 442 g/mol. The summed E-state index contributed by atoms with van der Waals surface area (Å²) in [6.45, 7) is 4.03. The average Bonchev–Trinajstić information content (AvgIpc) is 2.91. The van der Waals surface area contributed by atoms with Gasteiger partial charge >= 0.3 is 0 Å². The number of hydrazine groups is 1. The fraction of sp³-hybridized carbons (Fsp3) is 0.579. The number of nitrogens with one attached hydrogen (secondary N) is 1. The summed E-state index contributed by atoms with van der Waals surface area (Å²) in [4.78, 5) is 25.2. The van der Waals surface area contributed by atoms with Crippen LogP contribution < -0.4 is 15.3 Å². The number of carbonyl (C=O) groups is 2. The second kappa shape index (κ2) is 8.16. The number of thioether (sulfide) groups is 1. The van der Waals surface area contributed by atoms with Gasteiger partial charge in [-0.3, -0.25) is 15.0 Å². The molecule has 0 radical (unpaired) electrons. The first-order valence-corrected chi connectivity index (χ1v) is 12.1. The Hall–Kier alpha value is -1.78. The molecule has 29 heavy (non-hydrogen) atoms. The number of methoxy groups -OCH3 is 1. The molecule has 3 rings (SSSR count). The molecule has 160 valence electrons. The van der Waals surface area contributed by atoms with E-state index in [4.69, 9.17) is 9.88 Å². The number of sulfonamides is 1. The van der Waals surface area contributed by atoms with E-state index in [1.165, 1.54) is 30.3 Å². The van der Waals surface area contributed by atoms with Gasteiger partial charge in [-0.2, -0.15) is 0 Å². The molecule has 8 nitrogen and oxygen atoms in total. The maximum absolute atomic E-state index is 13.0. The van der Waals surface area contributed by atoms with Crippen LogP contribution >= 0.6 is 11.8 Å². The van der Waals surface area contributed by atoms with Crippen molar-refractivity contribution in [1.29, 1.82) is 0 Å². The molecule has 1 aliphatic carbocycles. The monoisotopic (exact) mass is 441 g/mol. The molecule has 1 aromatic carbocycles. The number of carbonyl (C=O) groups excluding carboxylic acids is 2. The molecule has 2 aliphatic rings. The lowest BCUT2D eigenvalue weighted by Crippen LogP contribution is -2.56. The summed E-state index contributed by atoms with van der Waals surface area (Å²) in [5, 5.41) is 6.40. The Kier molecular flexibility index (Phi) is 6.16. The van der Waals surface area contributed by atoms with Crippen LogP contribution in [-0.4, -0.2) is 42.5 Å². The largest absolute Gasteiger partial charge is 0.496 e. The quantitative estimate of drug-likeness (QED) is 0.723. The third kappa shape index (κ3) is 4.24. The van der Waals surface area contributed by atoms with E-state index in [1.54, 1.807) is 11.8 Å². The van der Waals surface area contributed by atoms with Gasteiger partial charge in [0, 0.05) is 6.07 Å². The highest BCUT2D eigenvalue weighted by Gasteiger charge is 2.52.